The van der Waals surface area contributed by atoms with Gasteiger partial charge < -0.3 is 10.2 Å². The number of nitrogens with two attached hydrogens (primary N) is 1. The molecule has 0 aromatic carbocycles. The molecule has 0 bridgehead atoms. The smallest absolute Gasteiger partial charge is 0.153 e. The van der Waals surface area contributed by atoms with Crippen molar-refractivity contribution in [3.63, 3.8) is 0 Å². The lowest BCUT2D eigenvalue weighted by Gasteiger charge is -2.41. The molecule has 1 aliphatic rings. The molecule has 0 heterocycles. The number of aliphatic hydroxyl groups excluding tert-OH is 1. The first kappa shape index (κ1) is 7.94. The number of rotatable bonds is 3. The van der Waals surface area contributed by atoms with Crippen LogP contribution >= 0.6 is 0 Å². The molecule has 10 heavy (non-hydrogen) atoms. The van der Waals surface area contributed by atoms with Gasteiger partial charge in [0.15, 0.2) is 6.29 Å². The highest BCUT2D eigenvalue weighted by molar-refractivity contribution is 4.94. The summed E-state index contributed by atoms with van der Waals surface area (Å²) in [7, 11) is 0. The highest BCUT2D eigenvalue weighted by atomic mass is 16.5. The summed E-state index contributed by atoms with van der Waals surface area (Å²) in [5.74, 6) is 5.24. The third kappa shape index (κ3) is 1.46. The van der Waals surface area contributed by atoms with Crippen molar-refractivity contribution in [1.29, 1.82) is 0 Å². The van der Waals surface area contributed by atoms with E-state index in [1.54, 1.807) is 0 Å². The van der Waals surface area contributed by atoms with Crippen molar-refractivity contribution in [3.05, 3.63) is 0 Å². The van der Waals surface area contributed by atoms with E-state index in [-0.39, 0.29) is 5.54 Å². The Labute approximate surface area is 60.0 Å². The zero-order valence-corrected chi connectivity index (χ0v) is 5.88. The Morgan fingerprint density at radius 1 is 1.50 bits per heavy atom. The lowest BCUT2D eigenvalue weighted by atomic mass is 9.75. The monoisotopic (exact) mass is 146 g/mol. The first-order valence-corrected chi connectivity index (χ1v) is 3.52. The number of aliphatic hydroxyl groups is 2. The molecule has 0 radical (unpaired) electrons. The molecule has 0 saturated heterocycles. The Bertz CT molecular complexity index is 107. The second-order valence-electron chi connectivity index (χ2n) is 2.96. The average molecular weight is 146 g/mol. The minimum absolute atomic E-state index is 0.186. The number of hydrogen-bond donors (Lipinski definition) is 4. The van der Waals surface area contributed by atoms with Gasteiger partial charge in [-0.15, -0.1) is 0 Å². The van der Waals surface area contributed by atoms with Crippen LogP contribution in [0, 0.1) is 0 Å². The topological polar surface area (TPSA) is 78.5 Å². The third-order valence-corrected chi connectivity index (χ3v) is 2.19. The van der Waals surface area contributed by atoms with Gasteiger partial charge in [0.1, 0.15) is 0 Å². The van der Waals surface area contributed by atoms with Crippen LogP contribution in [0.1, 0.15) is 25.7 Å². The number of hydrogen-bond acceptors (Lipinski definition) is 4. The SMILES string of the molecule is NNC1(CC(O)O)CCC1. The largest absolute Gasteiger partial charge is 0.368 e. The predicted octanol–water partition coefficient (Wildman–Crippen LogP) is -0.927. The molecular weight excluding hydrogens is 132 g/mol. The van der Waals surface area contributed by atoms with Gasteiger partial charge in [0.2, 0.25) is 0 Å². The molecule has 0 aliphatic heterocycles. The summed E-state index contributed by atoms with van der Waals surface area (Å²) in [6.07, 6.45) is 2.11. The number of nitrogens with one attached hydrogen (secondary N) is 1. The summed E-state index contributed by atoms with van der Waals surface area (Å²) >= 11 is 0. The van der Waals surface area contributed by atoms with Crippen molar-refractivity contribution in [2.75, 3.05) is 0 Å². The van der Waals surface area contributed by atoms with Gasteiger partial charge in [0.25, 0.3) is 0 Å². The summed E-state index contributed by atoms with van der Waals surface area (Å²) in [5, 5.41) is 17.3. The van der Waals surface area contributed by atoms with Crippen LogP contribution in [0.5, 0.6) is 0 Å². The zero-order chi connectivity index (χ0) is 7.61. The predicted molar refractivity (Wildman–Crippen MR) is 36.7 cm³/mol. The van der Waals surface area contributed by atoms with E-state index < -0.39 is 6.29 Å². The van der Waals surface area contributed by atoms with E-state index in [4.69, 9.17) is 16.1 Å². The van der Waals surface area contributed by atoms with Crippen LogP contribution in [0.15, 0.2) is 0 Å². The van der Waals surface area contributed by atoms with E-state index >= 15 is 0 Å². The van der Waals surface area contributed by atoms with Gasteiger partial charge in [-0.2, -0.15) is 0 Å². The summed E-state index contributed by atoms with van der Waals surface area (Å²) in [5.41, 5.74) is 2.44. The first-order chi connectivity index (χ1) is 4.68. The Hall–Kier alpha value is -0.160. The van der Waals surface area contributed by atoms with E-state index in [1.165, 1.54) is 0 Å². The van der Waals surface area contributed by atoms with Gasteiger partial charge in [-0.3, -0.25) is 11.3 Å². The Balaban J connectivity index is 2.33. The molecule has 0 spiro atoms. The molecule has 0 amide bonds. The zero-order valence-electron chi connectivity index (χ0n) is 5.88. The fourth-order valence-electron chi connectivity index (χ4n) is 1.36. The standard InChI is InChI=1S/C6H14N2O2/c7-8-6(2-1-3-6)4-5(9)10/h5,8-10H,1-4,7H2. The molecule has 0 unspecified atom stereocenters. The second kappa shape index (κ2) is 2.84. The average Bonchev–Trinajstić information content (AvgIpc) is 1.78. The maximum Gasteiger partial charge on any atom is 0.153 e. The number of hydrazine groups is 1. The maximum atomic E-state index is 8.64. The van der Waals surface area contributed by atoms with Crippen LogP contribution in [0.3, 0.4) is 0 Å². The lowest BCUT2D eigenvalue weighted by Crippen LogP contribution is -2.56. The summed E-state index contributed by atoms with van der Waals surface area (Å²) in [4.78, 5) is 0. The highest BCUT2D eigenvalue weighted by Gasteiger charge is 2.37. The lowest BCUT2D eigenvalue weighted by molar-refractivity contribution is -0.0748. The molecule has 1 aliphatic carbocycles. The molecule has 0 aromatic heterocycles. The van der Waals surface area contributed by atoms with Gasteiger partial charge in [-0.05, 0) is 19.3 Å². The Kier molecular flexibility index (Phi) is 2.25. The normalized spacial score (nSPS) is 22.8. The van der Waals surface area contributed by atoms with Gasteiger partial charge >= 0.3 is 0 Å². The van der Waals surface area contributed by atoms with Crippen molar-refractivity contribution in [3.8, 4) is 0 Å². The summed E-state index contributed by atoms with van der Waals surface area (Å²) in [6, 6.07) is 0. The summed E-state index contributed by atoms with van der Waals surface area (Å²) < 4.78 is 0. The summed E-state index contributed by atoms with van der Waals surface area (Å²) in [6.45, 7) is 0. The fraction of sp³-hybridized carbons (Fsp3) is 1.00. The maximum absolute atomic E-state index is 8.64. The van der Waals surface area contributed by atoms with Crippen molar-refractivity contribution < 1.29 is 10.2 Å². The van der Waals surface area contributed by atoms with Crippen LogP contribution in [0.2, 0.25) is 0 Å². The van der Waals surface area contributed by atoms with Gasteiger partial charge in [0, 0.05) is 12.0 Å². The molecule has 5 N–H and O–H groups in total. The highest BCUT2D eigenvalue weighted by Crippen LogP contribution is 2.34. The van der Waals surface area contributed by atoms with Crippen LogP contribution < -0.4 is 11.3 Å². The molecule has 4 heteroatoms. The van der Waals surface area contributed by atoms with Crippen LogP contribution in [-0.4, -0.2) is 22.0 Å². The van der Waals surface area contributed by atoms with Crippen LogP contribution in [0.4, 0.5) is 0 Å². The fourth-order valence-corrected chi connectivity index (χ4v) is 1.36. The molecule has 1 saturated carbocycles. The Morgan fingerprint density at radius 3 is 2.20 bits per heavy atom. The van der Waals surface area contributed by atoms with Crippen molar-refractivity contribution >= 4 is 0 Å². The molecule has 0 atom stereocenters. The minimum Gasteiger partial charge on any atom is -0.368 e. The van der Waals surface area contributed by atoms with Gasteiger partial charge in [-0.1, -0.05) is 0 Å². The Morgan fingerprint density at radius 2 is 2.10 bits per heavy atom. The minimum atomic E-state index is -1.24. The van der Waals surface area contributed by atoms with E-state index in [1.807, 2.05) is 0 Å². The molecular formula is C6H14N2O2. The quantitative estimate of drug-likeness (QED) is 0.236. The third-order valence-electron chi connectivity index (χ3n) is 2.19. The first-order valence-electron chi connectivity index (χ1n) is 3.52. The van der Waals surface area contributed by atoms with Crippen molar-refractivity contribution in [2.24, 2.45) is 5.84 Å². The van der Waals surface area contributed by atoms with Crippen molar-refractivity contribution in [1.82, 2.24) is 5.43 Å². The van der Waals surface area contributed by atoms with E-state index in [2.05, 4.69) is 5.43 Å². The van der Waals surface area contributed by atoms with Crippen LogP contribution in [-0.2, 0) is 0 Å². The molecule has 1 fully saturated rings. The van der Waals surface area contributed by atoms with Crippen LogP contribution in [0.25, 0.3) is 0 Å². The van der Waals surface area contributed by atoms with Gasteiger partial charge in [0.05, 0.1) is 0 Å². The molecule has 60 valence electrons. The van der Waals surface area contributed by atoms with E-state index in [9.17, 15) is 0 Å². The van der Waals surface area contributed by atoms with E-state index in [0.717, 1.165) is 19.3 Å². The van der Waals surface area contributed by atoms with Crippen molar-refractivity contribution in [2.45, 2.75) is 37.5 Å². The molecule has 4 nitrogen and oxygen atoms in total. The van der Waals surface area contributed by atoms with E-state index in [0.29, 0.717) is 6.42 Å². The molecule has 1 rings (SSSR count). The van der Waals surface area contributed by atoms with Gasteiger partial charge in [-0.25, -0.2) is 0 Å². The second-order valence-corrected chi connectivity index (χ2v) is 2.96. The molecule has 0 aromatic rings.